The maximum atomic E-state index is 12.4. The number of rotatable bonds is 3. The van der Waals surface area contributed by atoms with Crippen LogP contribution in [0.5, 0.6) is 0 Å². The van der Waals surface area contributed by atoms with Crippen LogP contribution < -0.4 is 10.6 Å². The molecule has 0 aromatic heterocycles. The second kappa shape index (κ2) is 4.96. The maximum Gasteiger partial charge on any atom is 0.307 e. The minimum atomic E-state index is -0.831. The minimum Gasteiger partial charge on any atom is -0.481 e. The highest BCUT2D eigenvalue weighted by atomic mass is 16.4. The number of hydrogen-bond donors (Lipinski definition) is 3. The summed E-state index contributed by atoms with van der Waals surface area (Å²) in [4.78, 5) is 23.8. The molecule has 1 aliphatic heterocycles. The quantitative estimate of drug-likeness (QED) is 0.644. The summed E-state index contributed by atoms with van der Waals surface area (Å²) in [5.41, 5.74) is 0. The molecule has 3 N–H and O–H groups in total. The van der Waals surface area contributed by atoms with Crippen molar-refractivity contribution in [3.63, 3.8) is 0 Å². The van der Waals surface area contributed by atoms with Crippen LogP contribution in [0.4, 0.5) is 0 Å². The zero-order chi connectivity index (χ0) is 13.4. The summed E-state index contributed by atoms with van der Waals surface area (Å²) in [6, 6.07) is 0.200. The van der Waals surface area contributed by atoms with E-state index in [0.29, 0.717) is 0 Å². The Bertz CT molecular complexity index is 415. The Labute approximate surface area is 112 Å². The second-order valence-corrected chi connectivity index (χ2v) is 5.87. The molecule has 1 saturated carbocycles. The number of carbonyl (C=O) groups excluding carboxylic acids is 1. The summed E-state index contributed by atoms with van der Waals surface area (Å²) in [5.74, 6) is -1.63. The lowest BCUT2D eigenvalue weighted by atomic mass is 9.82. The molecule has 4 atom stereocenters. The van der Waals surface area contributed by atoms with Crippen molar-refractivity contribution in [2.45, 2.75) is 25.3 Å². The molecule has 5 heteroatoms. The molecule has 19 heavy (non-hydrogen) atoms. The largest absolute Gasteiger partial charge is 0.481 e. The van der Waals surface area contributed by atoms with Gasteiger partial charge in [-0.15, -0.1) is 0 Å². The van der Waals surface area contributed by atoms with Crippen LogP contribution in [0.3, 0.4) is 0 Å². The Morgan fingerprint density at radius 3 is 2.37 bits per heavy atom. The van der Waals surface area contributed by atoms with Gasteiger partial charge < -0.3 is 15.7 Å². The summed E-state index contributed by atoms with van der Waals surface area (Å²) in [7, 11) is 0. The third-order valence-corrected chi connectivity index (χ3v) is 4.73. The van der Waals surface area contributed by atoms with Crippen LogP contribution in [0.1, 0.15) is 19.3 Å². The van der Waals surface area contributed by atoms with Crippen molar-refractivity contribution in [3.05, 3.63) is 12.2 Å². The van der Waals surface area contributed by atoms with E-state index in [9.17, 15) is 14.7 Å². The maximum absolute atomic E-state index is 12.4. The normalized spacial score (nSPS) is 37.5. The van der Waals surface area contributed by atoms with Crippen LogP contribution in [-0.2, 0) is 9.59 Å². The number of piperidine rings is 1. The van der Waals surface area contributed by atoms with E-state index in [1.54, 1.807) is 0 Å². The number of hydrogen-bond acceptors (Lipinski definition) is 3. The second-order valence-electron chi connectivity index (χ2n) is 5.87. The molecule has 3 rings (SSSR count). The van der Waals surface area contributed by atoms with Crippen LogP contribution in [0, 0.1) is 23.7 Å². The number of carboxylic acid groups (broad SMARTS) is 1. The van der Waals surface area contributed by atoms with E-state index in [4.69, 9.17) is 0 Å². The van der Waals surface area contributed by atoms with Gasteiger partial charge in [-0.25, -0.2) is 0 Å². The highest BCUT2D eigenvalue weighted by Gasteiger charge is 2.51. The predicted molar refractivity (Wildman–Crippen MR) is 69.4 cm³/mol. The molecule has 0 aromatic carbocycles. The molecule has 0 radical (unpaired) electrons. The van der Waals surface area contributed by atoms with E-state index in [1.807, 2.05) is 12.2 Å². The van der Waals surface area contributed by atoms with Crippen molar-refractivity contribution < 1.29 is 14.7 Å². The van der Waals surface area contributed by atoms with Gasteiger partial charge in [-0.05, 0) is 44.2 Å². The van der Waals surface area contributed by atoms with E-state index in [2.05, 4.69) is 10.6 Å². The number of aliphatic carboxylic acids is 1. The van der Waals surface area contributed by atoms with E-state index in [1.165, 1.54) is 0 Å². The molecule has 1 saturated heterocycles. The van der Waals surface area contributed by atoms with Crippen LogP contribution >= 0.6 is 0 Å². The molecular weight excluding hydrogens is 244 g/mol. The van der Waals surface area contributed by atoms with Gasteiger partial charge in [-0.3, -0.25) is 9.59 Å². The Morgan fingerprint density at radius 1 is 1.11 bits per heavy atom. The average molecular weight is 264 g/mol. The third kappa shape index (κ3) is 2.27. The summed E-state index contributed by atoms with van der Waals surface area (Å²) in [6.07, 6.45) is 6.68. The van der Waals surface area contributed by atoms with E-state index >= 15 is 0 Å². The Morgan fingerprint density at radius 2 is 1.74 bits per heavy atom. The summed E-state index contributed by atoms with van der Waals surface area (Å²) >= 11 is 0. The summed E-state index contributed by atoms with van der Waals surface area (Å²) in [6.45, 7) is 1.84. The lowest BCUT2D eigenvalue weighted by Crippen LogP contribution is -2.47. The molecule has 0 spiro atoms. The fourth-order valence-electron chi connectivity index (χ4n) is 3.78. The molecule has 4 unspecified atom stereocenters. The topological polar surface area (TPSA) is 78.4 Å². The smallest absolute Gasteiger partial charge is 0.307 e. The standard InChI is InChI=1S/C14H20N2O3/c17-13(16-10-3-5-15-6-4-10)11-8-1-2-9(7-8)12(11)14(18)19/h1-2,8-12,15H,3-7H2,(H,16,17)(H,18,19). The van der Waals surface area contributed by atoms with Gasteiger partial charge >= 0.3 is 5.97 Å². The first-order chi connectivity index (χ1) is 9.16. The van der Waals surface area contributed by atoms with Crippen molar-refractivity contribution in [3.8, 4) is 0 Å². The average Bonchev–Trinajstić information content (AvgIpc) is 2.99. The monoisotopic (exact) mass is 264 g/mol. The van der Waals surface area contributed by atoms with E-state index in [-0.39, 0.29) is 29.7 Å². The summed E-state index contributed by atoms with van der Waals surface area (Å²) < 4.78 is 0. The zero-order valence-electron chi connectivity index (χ0n) is 10.8. The van der Waals surface area contributed by atoms with Crippen molar-refractivity contribution in [1.29, 1.82) is 0 Å². The third-order valence-electron chi connectivity index (χ3n) is 4.73. The molecule has 1 heterocycles. The lowest BCUT2D eigenvalue weighted by molar-refractivity contribution is -0.148. The molecular formula is C14H20N2O3. The first-order valence-electron chi connectivity index (χ1n) is 7.09. The highest BCUT2D eigenvalue weighted by molar-refractivity contribution is 5.87. The van der Waals surface area contributed by atoms with Crippen LogP contribution in [0.25, 0.3) is 0 Å². The molecule has 2 bridgehead atoms. The zero-order valence-corrected chi connectivity index (χ0v) is 10.8. The first-order valence-corrected chi connectivity index (χ1v) is 7.09. The van der Waals surface area contributed by atoms with Crippen molar-refractivity contribution in [1.82, 2.24) is 10.6 Å². The number of nitrogens with one attached hydrogen (secondary N) is 2. The van der Waals surface area contributed by atoms with Crippen molar-refractivity contribution in [2.75, 3.05) is 13.1 Å². The molecule has 2 aliphatic carbocycles. The van der Waals surface area contributed by atoms with Crippen molar-refractivity contribution in [2.24, 2.45) is 23.7 Å². The van der Waals surface area contributed by atoms with Gasteiger partial charge in [0, 0.05) is 6.04 Å². The van der Waals surface area contributed by atoms with Gasteiger partial charge in [0.15, 0.2) is 0 Å². The summed E-state index contributed by atoms with van der Waals surface area (Å²) in [5, 5.41) is 15.6. The van der Waals surface area contributed by atoms with Crippen molar-refractivity contribution >= 4 is 11.9 Å². The van der Waals surface area contributed by atoms with Gasteiger partial charge in [0.2, 0.25) is 5.91 Å². The first kappa shape index (κ1) is 12.7. The Hall–Kier alpha value is -1.36. The SMILES string of the molecule is O=C(O)C1C2C=CC(C2)C1C(=O)NC1CCNCC1. The van der Waals surface area contributed by atoms with E-state index < -0.39 is 11.9 Å². The number of carbonyl (C=O) groups is 2. The van der Waals surface area contributed by atoms with Crippen LogP contribution in [-0.4, -0.2) is 36.1 Å². The molecule has 5 nitrogen and oxygen atoms in total. The highest BCUT2D eigenvalue weighted by Crippen LogP contribution is 2.48. The van der Waals surface area contributed by atoms with Gasteiger partial charge in [0.1, 0.15) is 0 Å². The van der Waals surface area contributed by atoms with E-state index in [0.717, 1.165) is 32.4 Å². The van der Waals surface area contributed by atoms with Gasteiger partial charge in [-0.2, -0.15) is 0 Å². The van der Waals surface area contributed by atoms with Crippen LogP contribution in [0.2, 0.25) is 0 Å². The Balaban J connectivity index is 1.68. The lowest BCUT2D eigenvalue weighted by Gasteiger charge is -2.29. The minimum absolute atomic E-state index is 0.0475. The van der Waals surface area contributed by atoms with Crippen LogP contribution in [0.15, 0.2) is 12.2 Å². The van der Waals surface area contributed by atoms with Gasteiger partial charge in [0.05, 0.1) is 11.8 Å². The molecule has 1 amide bonds. The Kier molecular flexibility index (Phi) is 3.31. The number of amides is 1. The molecule has 3 aliphatic rings. The molecule has 104 valence electrons. The molecule has 2 fully saturated rings. The fourth-order valence-corrected chi connectivity index (χ4v) is 3.78. The molecule has 0 aromatic rings. The number of carboxylic acids is 1. The van der Waals surface area contributed by atoms with Gasteiger partial charge in [0.25, 0.3) is 0 Å². The number of allylic oxidation sites excluding steroid dienone is 2. The fraction of sp³-hybridized carbons (Fsp3) is 0.714. The number of fused-ring (bicyclic) bond motifs is 2. The predicted octanol–water partition coefficient (Wildman–Crippen LogP) is 0.377. The van der Waals surface area contributed by atoms with Gasteiger partial charge in [-0.1, -0.05) is 12.2 Å².